The molecule has 98 valence electrons. The summed E-state index contributed by atoms with van der Waals surface area (Å²) in [5.74, 6) is 7.16. The van der Waals surface area contributed by atoms with E-state index in [1.54, 1.807) is 7.11 Å². The van der Waals surface area contributed by atoms with Crippen LogP contribution in [0, 0.1) is 17.3 Å². The van der Waals surface area contributed by atoms with Gasteiger partial charge in [0.2, 0.25) is 0 Å². The van der Waals surface area contributed by atoms with Crippen LogP contribution in [-0.2, 0) is 0 Å². The Balaban J connectivity index is 2.83. The van der Waals surface area contributed by atoms with Crippen LogP contribution in [-0.4, -0.2) is 7.11 Å². The summed E-state index contributed by atoms with van der Waals surface area (Å²) in [6.07, 6.45) is 0.642. The Morgan fingerprint density at radius 2 is 2.06 bits per heavy atom. The second kappa shape index (κ2) is 6.26. The molecule has 0 saturated heterocycles. The first-order chi connectivity index (χ1) is 8.33. The first kappa shape index (κ1) is 15.1. The van der Waals surface area contributed by atoms with E-state index in [1.165, 1.54) is 0 Å². The van der Waals surface area contributed by atoms with Crippen LogP contribution < -0.4 is 10.5 Å². The molecule has 0 heterocycles. The van der Waals surface area contributed by atoms with E-state index in [4.69, 9.17) is 10.5 Å². The Morgan fingerprint density at radius 3 is 2.61 bits per heavy atom. The number of benzene rings is 1. The Kier molecular flexibility index (Phi) is 5.25. The van der Waals surface area contributed by atoms with Gasteiger partial charge < -0.3 is 10.5 Å². The minimum absolute atomic E-state index is 0.0192. The van der Waals surface area contributed by atoms with Gasteiger partial charge >= 0.3 is 0 Å². The van der Waals surface area contributed by atoms with Crippen molar-refractivity contribution in [3.8, 4) is 17.6 Å². The van der Waals surface area contributed by atoms with Gasteiger partial charge in [-0.15, -0.1) is 5.92 Å². The highest BCUT2D eigenvalue weighted by Gasteiger charge is 2.10. The van der Waals surface area contributed by atoms with Crippen LogP contribution in [0.15, 0.2) is 22.7 Å². The van der Waals surface area contributed by atoms with Gasteiger partial charge in [0, 0.05) is 22.4 Å². The molecule has 0 aliphatic heterocycles. The Bertz CT molecular complexity index is 466. The van der Waals surface area contributed by atoms with E-state index in [2.05, 4.69) is 48.5 Å². The standard InChI is InChI=1S/C15H20BrNO/c1-15(2,3)9-5-6-14(17)12-10-11(18-4)7-8-13(12)16/h7-8,10,14H,6,17H2,1-4H3. The van der Waals surface area contributed by atoms with E-state index < -0.39 is 0 Å². The van der Waals surface area contributed by atoms with Crippen molar-refractivity contribution in [2.24, 2.45) is 11.1 Å². The highest BCUT2D eigenvalue weighted by molar-refractivity contribution is 9.10. The zero-order chi connectivity index (χ0) is 13.8. The molecule has 1 rings (SSSR count). The summed E-state index contributed by atoms with van der Waals surface area (Å²) in [6, 6.07) is 5.70. The van der Waals surface area contributed by atoms with Crippen LogP contribution in [0.5, 0.6) is 5.75 Å². The van der Waals surface area contributed by atoms with Gasteiger partial charge in [-0.2, -0.15) is 0 Å². The molecule has 0 radical (unpaired) electrons. The molecule has 2 nitrogen and oxygen atoms in total. The molecule has 18 heavy (non-hydrogen) atoms. The molecule has 0 bridgehead atoms. The van der Waals surface area contributed by atoms with E-state index >= 15 is 0 Å². The van der Waals surface area contributed by atoms with E-state index in [0.29, 0.717) is 6.42 Å². The monoisotopic (exact) mass is 309 g/mol. The lowest BCUT2D eigenvalue weighted by molar-refractivity contribution is 0.413. The lowest BCUT2D eigenvalue weighted by Crippen LogP contribution is -2.10. The van der Waals surface area contributed by atoms with Crippen molar-refractivity contribution in [3.05, 3.63) is 28.2 Å². The van der Waals surface area contributed by atoms with E-state index in [-0.39, 0.29) is 11.5 Å². The van der Waals surface area contributed by atoms with Gasteiger partial charge in [0.05, 0.1) is 7.11 Å². The fourth-order valence-corrected chi connectivity index (χ4v) is 2.01. The second-order valence-corrected chi connectivity index (χ2v) is 6.10. The van der Waals surface area contributed by atoms with Gasteiger partial charge in [-0.1, -0.05) is 21.9 Å². The van der Waals surface area contributed by atoms with Crippen molar-refractivity contribution in [1.82, 2.24) is 0 Å². The predicted molar refractivity (Wildman–Crippen MR) is 79.5 cm³/mol. The summed E-state index contributed by atoms with van der Waals surface area (Å²) >= 11 is 3.51. The Morgan fingerprint density at radius 1 is 1.39 bits per heavy atom. The van der Waals surface area contributed by atoms with Crippen LogP contribution in [0.2, 0.25) is 0 Å². The zero-order valence-corrected chi connectivity index (χ0v) is 13.0. The van der Waals surface area contributed by atoms with Crippen LogP contribution in [0.1, 0.15) is 38.8 Å². The molecule has 1 atom stereocenters. The van der Waals surface area contributed by atoms with Gasteiger partial charge in [-0.05, 0) is 44.5 Å². The molecule has 0 aromatic heterocycles. The summed E-state index contributed by atoms with van der Waals surface area (Å²) in [5, 5.41) is 0. The average molecular weight is 310 g/mol. The van der Waals surface area contributed by atoms with Crippen molar-refractivity contribution in [2.45, 2.75) is 33.2 Å². The maximum atomic E-state index is 6.16. The molecule has 1 aromatic rings. The van der Waals surface area contributed by atoms with Gasteiger partial charge in [0.25, 0.3) is 0 Å². The highest BCUT2D eigenvalue weighted by atomic mass is 79.9. The zero-order valence-electron chi connectivity index (χ0n) is 11.4. The Hall–Kier alpha value is -0.980. The summed E-state index contributed by atoms with van der Waals surface area (Å²) < 4.78 is 6.20. The molecule has 0 amide bonds. The van der Waals surface area contributed by atoms with Crippen molar-refractivity contribution in [1.29, 1.82) is 0 Å². The molecule has 0 saturated carbocycles. The summed E-state index contributed by atoms with van der Waals surface area (Å²) in [6.45, 7) is 6.27. The molecular weight excluding hydrogens is 290 g/mol. The molecule has 0 spiro atoms. The fourth-order valence-electron chi connectivity index (χ4n) is 1.47. The number of hydrogen-bond donors (Lipinski definition) is 1. The largest absolute Gasteiger partial charge is 0.497 e. The molecule has 0 aliphatic rings. The highest BCUT2D eigenvalue weighted by Crippen LogP contribution is 2.28. The van der Waals surface area contributed by atoms with Crippen molar-refractivity contribution < 1.29 is 4.74 Å². The number of nitrogens with two attached hydrogens (primary N) is 1. The van der Waals surface area contributed by atoms with Crippen molar-refractivity contribution >= 4 is 15.9 Å². The van der Waals surface area contributed by atoms with Gasteiger partial charge in [-0.25, -0.2) is 0 Å². The number of halogens is 1. The molecule has 0 aliphatic carbocycles. The maximum absolute atomic E-state index is 6.16. The third-order valence-corrected chi connectivity index (χ3v) is 3.11. The summed E-state index contributed by atoms with van der Waals surface area (Å²) in [7, 11) is 1.65. The topological polar surface area (TPSA) is 35.2 Å². The van der Waals surface area contributed by atoms with Gasteiger partial charge in [0.15, 0.2) is 0 Å². The number of rotatable bonds is 3. The second-order valence-electron chi connectivity index (χ2n) is 5.25. The van der Waals surface area contributed by atoms with Crippen LogP contribution in [0.3, 0.4) is 0 Å². The quantitative estimate of drug-likeness (QED) is 0.860. The molecule has 3 heteroatoms. The molecule has 1 unspecified atom stereocenters. The maximum Gasteiger partial charge on any atom is 0.119 e. The van der Waals surface area contributed by atoms with Crippen LogP contribution in [0.4, 0.5) is 0 Å². The summed E-state index contributed by atoms with van der Waals surface area (Å²) in [4.78, 5) is 0. The summed E-state index contributed by atoms with van der Waals surface area (Å²) in [5.41, 5.74) is 7.21. The molecular formula is C15H20BrNO. The first-order valence-corrected chi connectivity index (χ1v) is 6.72. The lowest BCUT2D eigenvalue weighted by Gasteiger charge is -2.13. The average Bonchev–Trinajstić information content (AvgIpc) is 2.27. The fraction of sp³-hybridized carbons (Fsp3) is 0.467. The van der Waals surface area contributed by atoms with Gasteiger partial charge in [0.1, 0.15) is 5.75 Å². The van der Waals surface area contributed by atoms with Gasteiger partial charge in [-0.3, -0.25) is 0 Å². The number of ether oxygens (including phenoxy) is 1. The number of methoxy groups -OCH3 is 1. The minimum Gasteiger partial charge on any atom is -0.497 e. The SMILES string of the molecule is COc1ccc(Br)c(C(N)CC#CC(C)(C)C)c1. The Labute approximate surface area is 118 Å². The predicted octanol–water partition coefficient (Wildman–Crippen LogP) is 3.90. The van der Waals surface area contributed by atoms with Crippen molar-refractivity contribution in [2.75, 3.05) is 7.11 Å². The smallest absolute Gasteiger partial charge is 0.119 e. The minimum atomic E-state index is -0.107. The third-order valence-electron chi connectivity index (χ3n) is 2.39. The molecule has 1 aromatic carbocycles. The molecule has 0 fully saturated rings. The normalized spacial score (nSPS) is 12.6. The van der Waals surface area contributed by atoms with E-state index in [0.717, 1.165) is 15.8 Å². The van der Waals surface area contributed by atoms with E-state index in [9.17, 15) is 0 Å². The van der Waals surface area contributed by atoms with E-state index in [1.807, 2.05) is 18.2 Å². The number of hydrogen-bond acceptors (Lipinski definition) is 2. The van der Waals surface area contributed by atoms with Crippen LogP contribution >= 0.6 is 15.9 Å². The van der Waals surface area contributed by atoms with Crippen molar-refractivity contribution in [3.63, 3.8) is 0 Å². The van der Waals surface area contributed by atoms with Crippen LogP contribution in [0.25, 0.3) is 0 Å². The lowest BCUT2D eigenvalue weighted by atomic mass is 9.97. The molecule has 2 N–H and O–H groups in total. The third kappa shape index (κ3) is 4.72. The first-order valence-electron chi connectivity index (χ1n) is 5.92.